The van der Waals surface area contributed by atoms with E-state index in [0.29, 0.717) is 22.5 Å². The first kappa shape index (κ1) is 21.1. The van der Waals surface area contributed by atoms with Gasteiger partial charge in [-0.2, -0.15) is 0 Å². The molecule has 0 bridgehead atoms. The highest BCUT2D eigenvalue weighted by Crippen LogP contribution is 2.42. The maximum atomic E-state index is 13.4. The fourth-order valence-electron chi connectivity index (χ4n) is 4.60. The molecular weight excluding hydrogens is 454 g/mol. The number of fused-ring (bicyclic) bond motifs is 5. The molecule has 10 nitrogen and oxygen atoms in total. The van der Waals surface area contributed by atoms with E-state index in [1.54, 1.807) is 25.1 Å². The molecule has 0 aliphatic carbocycles. The van der Waals surface area contributed by atoms with Crippen LogP contribution in [0.2, 0.25) is 5.02 Å². The van der Waals surface area contributed by atoms with Crippen LogP contribution in [-0.2, 0) is 37.8 Å². The molecule has 33 heavy (non-hydrogen) atoms. The number of aromatic nitrogens is 2. The predicted octanol–water partition coefficient (Wildman–Crippen LogP) is 3.21. The van der Waals surface area contributed by atoms with Crippen LogP contribution in [0, 0.1) is 10.1 Å². The monoisotopic (exact) mass is 469 g/mol. The molecule has 0 N–H and O–H groups in total. The topological polar surface area (TPSA) is 131 Å². The molecular formula is C22H16ClN3O7. The highest BCUT2D eigenvalue weighted by atomic mass is 35.5. The van der Waals surface area contributed by atoms with Crippen LogP contribution in [0.4, 0.5) is 5.69 Å². The molecule has 0 radical (unpaired) electrons. The minimum Gasteiger partial charge on any atom is -0.457 e. The largest absolute Gasteiger partial charge is 0.457 e. The normalized spacial score (nSPS) is 18.3. The molecule has 1 atom stereocenters. The van der Waals surface area contributed by atoms with Gasteiger partial charge in [0.15, 0.2) is 0 Å². The molecule has 1 aromatic carbocycles. The van der Waals surface area contributed by atoms with Gasteiger partial charge >= 0.3 is 11.9 Å². The molecule has 2 aliphatic rings. The summed E-state index contributed by atoms with van der Waals surface area (Å²) < 4.78 is 12.1. The quantitative estimate of drug-likeness (QED) is 0.254. The van der Waals surface area contributed by atoms with Crippen molar-refractivity contribution >= 4 is 40.1 Å². The molecule has 0 saturated carbocycles. The van der Waals surface area contributed by atoms with E-state index < -0.39 is 28.0 Å². The molecule has 0 amide bonds. The molecule has 4 heterocycles. The second-order valence-electron chi connectivity index (χ2n) is 7.88. The van der Waals surface area contributed by atoms with Gasteiger partial charge in [-0.3, -0.25) is 19.7 Å². The molecule has 5 rings (SSSR count). The van der Waals surface area contributed by atoms with Crippen molar-refractivity contribution in [1.29, 1.82) is 0 Å². The van der Waals surface area contributed by atoms with Gasteiger partial charge in [0, 0.05) is 18.1 Å². The Morgan fingerprint density at radius 1 is 1.36 bits per heavy atom. The summed E-state index contributed by atoms with van der Waals surface area (Å²) in [5.41, 5.74) is -0.115. The van der Waals surface area contributed by atoms with E-state index in [-0.39, 0.29) is 46.8 Å². The number of cyclic esters (lactones) is 1. The Balaban J connectivity index is 1.79. The molecule has 11 heteroatoms. The van der Waals surface area contributed by atoms with Gasteiger partial charge in [0.2, 0.25) is 5.60 Å². The highest BCUT2D eigenvalue weighted by Gasteiger charge is 2.50. The van der Waals surface area contributed by atoms with Crippen LogP contribution in [-0.4, -0.2) is 26.4 Å². The Morgan fingerprint density at radius 2 is 2.12 bits per heavy atom. The zero-order chi connectivity index (χ0) is 23.7. The van der Waals surface area contributed by atoms with Crippen LogP contribution in [0.3, 0.4) is 0 Å². The van der Waals surface area contributed by atoms with Crippen LogP contribution in [0.25, 0.3) is 22.3 Å². The molecule has 168 valence electrons. The molecule has 2 aromatic heterocycles. The summed E-state index contributed by atoms with van der Waals surface area (Å²) in [6.45, 7) is 2.72. The fraction of sp³-hybridized carbons (Fsp3) is 0.273. The van der Waals surface area contributed by atoms with Gasteiger partial charge in [0.05, 0.1) is 39.3 Å². The standard InChI is InChI=1S/C22H16ClN3O7/c1-3-22(33-10(2)27)14-7-17-18-11(8-25(17)20(28)13(14)9-32-21(22)29)6-12-16(24-18)5-4-15(23)19(12)26(30)31/h4-7H,3,8-9H2,1-2H3. The Kier molecular flexibility index (Phi) is 4.54. The number of carbonyl (C=O) groups is 2. The van der Waals surface area contributed by atoms with E-state index in [1.807, 2.05) is 0 Å². The first-order valence-corrected chi connectivity index (χ1v) is 10.5. The predicted molar refractivity (Wildman–Crippen MR) is 116 cm³/mol. The van der Waals surface area contributed by atoms with Crippen molar-refractivity contribution in [3.05, 3.63) is 66.4 Å². The van der Waals surface area contributed by atoms with Crippen LogP contribution in [0.15, 0.2) is 29.1 Å². The number of pyridine rings is 2. The number of hydrogen-bond acceptors (Lipinski definition) is 8. The average Bonchev–Trinajstić information content (AvgIpc) is 3.12. The molecule has 2 aliphatic heterocycles. The number of nitrogens with zero attached hydrogens (tertiary/aromatic N) is 3. The van der Waals surface area contributed by atoms with E-state index in [1.165, 1.54) is 17.6 Å². The van der Waals surface area contributed by atoms with E-state index in [9.17, 15) is 24.5 Å². The van der Waals surface area contributed by atoms with Gasteiger partial charge in [-0.1, -0.05) is 18.5 Å². The molecule has 0 spiro atoms. The summed E-state index contributed by atoms with van der Waals surface area (Å²) in [5.74, 6) is -1.43. The van der Waals surface area contributed by atoms with Crippen molar-refractivity contribution < 1.29 is 24.0 Å². The van der Waals surface area contributed by atoms with Crippen LogP contribution < -0.4 is 5.56 Å². The van der Waals surface area contributed by atoms with Gasteiger partial charge < -0.3 is 14.0 Å². The third-order valence-electron chi connectivity index (χ3n) is 6.08. The fourth-order valence-corrected chi connectivity index (χ4v) is 4.83. The van der Waals surface area contributed by atoms with Crippen LogP contribution in [0.1, 0.15) is 37.0 Å². The summed E-state index contributed by atoms with van der Waals surface area (Å²) >= 11 is 6.04. The number of esters is 2. The number of carbonyl (C=O) groups excluding carboxylic acids is 2. The van der Waals surface area contributed by atoms with Gasteiger partial charge in [-0.25, -0.2) is 9.78 Å². The van der Waals surface area contributed by atoms with Crippen LogP contribution >= 0.6 is 11.6 Å². The zero-order valence-corrected chi connectivity index (χ0v) is 18.3. The number of halogens is 1. The number of benzene rings is 1. The smallest absolute Gasteiger partial charge is 0.355 e. The van der Waals surface area contributed by atoms with Gasteiger partial charge in [-0.15, -0.1) is 0 Å². The lowest BCUT2D eigenvalue weighted by molar-refractivity contribution is -0.382. The van der Waals surface area contributed by atoms with Crippen molar-refractivity contribution in [2.75, 3.05) is 0 Å². The lowest BCUT2D eigenvalue weighted by Crippen LogP contribution is -2.47. The zero-order valence-electron chi connectivity index (χ0n) is 17.5. The van der Waals surface area contributed by atoms with E-state index in [2.05, 4.69) is 4.98 Å². The Morgan fingerprint density at radius 3 is 2.79 bits per heavy atom. The SMILES string of the molecule is CCC1(OC(C)=O)C(=O)OCc2c1cc1n(c2=O)Cc2cc3c([N+](=O)[O-])c(Cl)ccc3nc2-1. The second-order valence-corrected chi connectivity index (χ2v) is 8.29. The Bertz CT molecular complexity index is 1480. The number of ether oxygens (including phenoxy) is 2. The first-order valence-electron chi connectivity index (χ1n) is 10.1. The number of nitro groups is 1. The maximum Gasteiger partial charge on any atom is 0.355 e. The van der Waals surface area contributed by atoms with Gasteiger partial charge in [0.25, 0.3) is 11.2 Å². The van der Waals surface area contributed by atoms with E-state index >= 15 is 0 Å². The summed E-state index contributed by atoms with van der Waals surface area (Å²) in [6, 6.07) is 6.19. The van der Waals surface area contributed by atoms with Crippen molar-refractivity contribution in [2.24, 2.45) is 0 Å². The van der Waals surface area contributed by atoms with E-state index in [0.717, 1.165) is 0 Å². The second kappa shape index (κ2) is 7.11. The lowest BCUT2D eigenvalue weighted by Gasteiger charge is -2.35. The van der Waals surface area contributed by atoms with Crippen LogP contribution in [0.5, 0.6) is 0 Å². The number of nitro benzene ring substituents is 1. The third-order valence-corrected chi connectivity index (χ3v) is 6.39. The molecule has 3 aromatic rings. The lowest BCUT2D eigenvalue weighted by atomic mass is 9.85. The van der Waals surface area contributed by atoms with Crippen molar-refractivity contribution in [3.8, 4) is 11.4 Å². The summed E-state index contributed by atoms with van der Waals surface area (Å²) in [6.07, 6.45) is 0.0734. The highest BCUT2D eigenvalue weighted by molar-refractivity contribution is 6.34. The van der Waals surface area contributed by atoms with Gasteiger partial charge in [-0.05, 0) is 30.7 Å². The molecule has 1 unspecified atom stereocenters. The van der Waals surface area contributed by atoms with Crippen molar-refractivity contribution in [2.45, 2.75) is 39.0 Å². The first-order chi connectivity index (χ1) is 15.7. The third kappa shape index (κ3) is 2.87. The summed E-state index contributed by atoms with van der Waals surface area (Å²) in [5, 5.41) is 11.8. The Hall–Kier alpha value is -3.79. The summed E-state index contributed by atoms with van der Waals surface area (Å²) in [7, 11) is 0. The minimum atomic E-state index is -1.74. The average molecular weight is 470 g/mol. The molecule has 0 fully saturated rings. The van der Waals surface area contributed by atoms with Crippen molar-refractivity contribution in [1.82, 2.24) is 9.55 Å². The number of hydrogen-bond donors (Lipinski definition) is 0. The van der Waals surface area contributed by atoms with Gasteiger partial charge in [0.1, 0.15) is 11.6 Å². The minimum absolute atomic E-state index is 0.0119. The number of rotatable bonds is 3. The summed E-state index contributed by atoms with van der Waals surface area (Å²) in [4.78, 5) is 53.5. The molecule has 0 saturated heterocycles. The Labute approximate surface area is 190 Å². The maximum absolute atomic E-state index is 13.4. The van der Waals surface area contributed by atoms with Crippen molar-refractivity contribution in [3.63, 3.8) is 0 Å². The van der Waals surface area contributed by atoms with E-state index in [4.69, 9.17) is 21.1 Å².